The summed E-state index contributed by atoms with van der Waals surface area (Å²) in [4.78, 5) is 29.5. The molecule has 1 heterocycles. The minimum absolute atomic E-state index is 0.0316. The Balaban J connectivity index is 1.91. The average Bonchev–Trinajstić information content (AvgIpc) is 3.06. The number of hydrogen-bond acceptors (Lipinski definition) is 7. The molecule has 156 valence electrons. The summed E-state index contributed by atoms with van der Waals surface area (Å²) in [6.45, 7) is 2.31. The van der Waals surface area contributed by atoms with Gasteiger partial charge in [-0.1, -0.05) is 36.0 Å². The van der Waals surface area contributed by atoms with Gasteiger partial charge in [-0.15, -0.1) is 0 Å². The quantitative estimate of drug-likeness (QED) is 0.624. The van der Waals surface area contributed by atoms with E-state index in [9.17, 15) is 9.59 Å². The summed E-state index contributed by atoms with van der Waals surface area (Å²) < 4.78 is 10.8. The molecule has 9 heteroatoms. The van der Waals surface area contributed by atoms with Gasteiger partial charge in [0.1, 0.15) is 27.5 Å². The van der Waals surface area contributed by atoms with Crippen LogP contribution in [0.2, 0.25) is 0 Å². The molecular formula is C21H22N4O4S. The number of nitrogens with two attached hydrogens (primary N) is 2. The maximum atomic E-state index is 12.9. The van der Waals surface area contributed by atoms with E-state index in [1.807, 2.05) is 13.0 Å². The standard InChI is InChI=1S/C21H22N4O4S/c1-3-29-15-11-7-5-9-13(15)24-20(27)18-17(22)16(19(23)26)21(30-18)25-12-8-4-6-10-14(12)28-2/h4-11,18H,3,22H2,1-2H3,(H2,23,26)(H,24,27). The SMILES string of the molecule is CCOc1ccccc1NC(=O)C1SC(=Nc2ccccc2OC)C(C(N)=O)=C1N. The second kappa shape index (κ2) is 9.36. The number of carbonyl (C=O) groups is 2. The largest absolute Gasteiger partial charge is 0.494 e. The molecule has 0 aromatic heterocycles. The van der Waals surface area contributed by atoms with E-state index in [1.54, 1.807) is 42.5 Å². The van der Waals surface area contributed by atoms with Crippen LogP contribution in [0.15, 0.2) is 64.8 Å². The molecule has 0 bridgehead atoms. The fourth-order valence-electron chi connectivity index (χ4n) is 2.89. The number of nitrogens with one attached hydrogen (secondary N) is 1. The van der Waals surface area contributed by atoms with Crippen LogP contribution in [0.5, 0.6) is 11.5 Å². The molecule has 1 atom stereocenters. The molecule has 30 heavy (non-hydrogen) atoms. The van der Waals surface area contributed by atoms with E-state index in [-0.39, 0.29) is 16.3 Å². The predicted molar refractivity (Wildman–Crippen MR) is 118 cm³/mol. The first-order valence-corrected chi connectivity index (χ1v) is 10.0. The van der Waals surface area contributed by atoms with Gasteiger partial charge < -0.3 is 26.3 Å². The lowest BCUT2D eigenvalue weighted by Crippen LogP contribution is -2.29. The van der Waals surface area contributed by atoms with Gasteiger partial charge in [-0.05, 0) is 31.2 Å². The molecule has 2 amide bonds. The van der Waals surface area contributed by atoms with E-state index in [0.717, 1.165) is 11.8 Å². The molecule has 5 N–H and O–H groups in total. The Morgan fingerprint density at radius 3 is 2.47 bits per heavy atom. The number of nitrogens with zero attached hydrogens (tertiary/aromatic N) is 1. The lowest BCUT2D eigenvalue weighted by Gasteiger charge is -2.14. The number of ether oxygens (including phenoxy) is 2. The molecule has 0 saturated heterocycles. The third kappa shape index (κ3) is 4.41. The van der Waals surface area contributed by atoms with E-state index in [2.05, 4.69) is 10.3 Å². The zero-order valence-corrected chi connectivity index (χ0v) is 17.4. The minimum atomic E-state index is -0.865. The van der Waals surface area contributed by atoms with Crippen LogP contribution in [0.25, 0.3) is 0 Å². The van der Waals surface area contributed by atoms with Crippen LogP contribution in [0.3, 0.4) is 0 Å². The Labute approximate surface area is 178 Å². The minimum Gasteiger partial charge on any atom is -0.494 e. The molecule has 0 aliphatic carbocycles. The molecule has 0 spiro atoms. The number of hydrogen-bond donors (Lipinski definition) is 3. The number of para-hydroxylation sites is 4. The first-order valence-electron chi connectivity index (χ1n) is 9.17. The Morgan fingerprint density at radius 1 is 1.13 bits per heavy atom. The Bertz CT molecular complexity index is 1040. The van der Waals surface area contributed by atoms with E-state index in [4.69, 9.17) is 20.9 Å². The molecular weight excluding hydrogens is 404 g/mol. The average molecular weight is 426 g/mol. The number of aliphatic imine (C=N–C) groups is 1. The van der Waals surface area contributed by atoms with Crippen molar-refractivity contribution in [2.75, 3.05) is 19.0 Å². The third-order valence-corrected chi connectivity index (χ3v) is 5.47. The maximum absolute atomic E-state index is 12.9. The first-order chi connectivity index (χ1) is 14.5. The van der Waals surface area contributed by atoms with Crippen LogP contribution in [-0.2, 0) is 9.59 Å². The molecule has 1 aliphatic heterocycles. The Hall–Kier alpha value is -3.46. The van der Waals surface area contributed by atoms with Gasteiger partial charge in [-0.2, -0.15) is 0 Å². The fraction of sp³-hybridized carbons (Fsp3) is 0.190. The molecule has 1 unspecified atom stereocenters. The summed E-state index contributed by atoms with van der Waals surface area (Å²) >= 11 is 1.06. The number of methoxy groups -OCH3 is 1. The number of amides is 2. The van der Waals surface area contributed by atoms with Crippen LogP contribution >= 0.6 is 11.8 Å². The lowest BCUT2D eigenvalue weighted by atomic mass is 10.1. The second-order valence-corrected chi connectivity index (χ2v) is 7.29. The third-order valence-electron chi connectivity index (χ3n) is 4.25. The second-order valence-electron chi connectivity index (χ2n) is 6.20. The van der Waals surface area contributed by atoms with E-state index >= 15 is 0 Å². The highest BCUT2D eigenvalue weighted by molar-refractivity contribution is 8.16. The van der Waals surface area contributed by atoms with Crippen LogP contribution < -0.4 is 26.3 Å². The smallest absolute Gasteiger partial charge is 0.253 e. The van der Waals surface area contributed by atoms with Gasteiger partial charge in [-0.25, -0.2) is 4.99 Å². The Morgan fingerprint density at radius 2 is 1.80 bits per heavy atom. The number of primary amides is 1. The van der Waals surface area contributed by atoms with Crippen molar-refractivity contribution in [3.05, 3.63) is 59.8 Å². The zero-order chi connectivity index (χ0) is 21.7. The van der Waals surface area contributed by atoms with Crippen molar-refractivity contribution in [1.29, 1.82) is 0 Å². The number of rotatable bonds is 7. The van der Waals surface area contributed by atoms with E-state index < -0.39 is 17.1 Å². The fourth-order valence-corrected chi connectivity index (χ4v) is 4.02. The number of benzene rings is 2. The van der Waals surface area contributed by atoms with Crippen molar-refractivity contribution in [2.24, 2.45) is 16.5 Å². The highest BCUT2D eigenvalue weighted by Gasteiger charge is 2.38. The van der Waals surface area contributed by atoms with Gasteiger partial charge >= 0.3 is 0 Å². The number of thioether (sulfide) groups is 1. The molecule has 8 nitrogen and oxygen atoms in total. The van der Waals surface area contributed by atoms with E-state index in [0.29, 0.717) is 29.5 Å². The van der Waals surface area contributed by atoms with Gasteiger partial charge in [0.2, 0.25) is 5.91 Å². The maximum Gasteiger partial charge on any atom is 0.253 e. The lowest BCUT2D eigenvalue weighted by molar-refractivity contribution is -0.115. The van der Waals surface area contributed by atoms with Crippen molar-refractivity contribution < 1.29 is 19.1 Å². The van der Waals surface area contributed by atoms with E-state index in [1.165, 1.54) is 7.11 Å². The predicted octanol–water partition coefficient (Wildman–Crippen LogP) is 2.58. The van der Waals surface area contributed by atoms with Crippen LogP contribution in [0, 0.1) is 0 Å². The summed E-state index contributed by atoms with van der Waals surface area (Å²) in [6, 6.07) is 14.1. The van der Waals surface area contributed by atoms with Crippen molar-refractivity contribution in [1.82, 2.24) is 0 Å². The topological polar surface area (TPSA) is 129 Å². The summed E-state index contributed by atoms with van der Waals surface area (Å²) in [7, 11) is 1.52. The van der Waals surface area contributed by atoms with Crippen molar-refractivity contribution in [3.8, 4) is 11.5 Å². The summed E-state index contributed by atoms with van der Waals surface area (Å²) in [5.41, 5.74) is 12.8. The van der Waals surface area contributed by atoms with Gasteiger partial charge in [0.05, 0.1) is 25.0 Å². The van der Waals surface area contributed by atoms with Crippen LogP contribution in [0.4, 0.5) is 11.4 Å². The van der Waals surface area contributed by atoms with Crippen molar-refractivity contribution in [2.45, 2.75) is 12.2 Å². The van der Waals surface area contributed by atoms with Crippen LogP contribution in [0.1, 0.15) is 6.92 Å². The van der Waals surface area contributed by atoms with Gasteiger partial charge in [0, 0.05) is 5.70 Å². The molecule has 1 aliphatic rings. The number of anilines is 1. The highest BCUT2D eigenvalue weighted by Crippen LogP contribution is 2.37. The zero-order valence-electron chi connectivity index (χ0n) is 16.5. The van der Waals surface area contributed by atoms with Gasteiger partial charge in [0.15, 0.2) is 0 Å². The van der Waals surface area contributed by atoms with Crippen LogP contribution in [-0.4, -0.2) is 35.8 Å². The van der Waals surface area contributed by atoms with Gasteiger partial charge in [0.25, 0.3) is 5.91 Å². The molecule has 0 fully saturated rings. The first kappa shape index (κ1) is 21.3. The molecule has 0 radical (unpaired) electrons. The molecule has 0 saturated carbocycles. The summed E-state index contributed by atoms with van der Waals surface area (Å²) in [5.74, 6) is -0.101. The summed E-state index contributed by atoms with van der Waals surface area (Å²) in [6.07, 6.45) is 0. The van der Waals surface area contributed by atoms with Crippen molar-refractivity contribution in [3.63, 3.8) is 0 Å². The molecule has 2 aromatic rings. The molecule has 3 rings (SSSR count). The highest BCUT2D eigenvalue weighted by atomic mass is 32.2. The summed E-state index contributed by atoms with van der Waals surface area (Å²) in [5, 5.41) is 2.20. The normalized spacial score (nSPS) is 17.1. The molecule has 2 aromatic carbocycles. The van der Waals surface area contributed by atoms with Crippen molar-refractivity contribution >= 4 is 40.0 Å². The van der Waals surface area contributed by atoms with Gasteiger partial charge in [-0.3, -0.25) is 9.59 Å². The Kier molecular flexibility index (Phi) is 6.63. The monoisotopic (exact) mass is 426 g/mol. The number of carbonyl (C=O) groups excluding carboxylic acids is 2.